The van der Waals surface area contributed by atoms with Crippen LogP contribution in [-0.2, 0) is 4.84 Å². The Bertz CT molecular complexity index is 886. The number of benzene rings is 2. The van der Waals surface area contributed by atoms with Crippen molar-refractivity contribution in [3.05, 3.63) is 58.1 Å². The molecule has 30 heavy (non-hydrogen) atoms. The second-order valence-electron chi connectivity index (χ2n) is 7.23. The highest BCUT2D eigenvalue weighted by Gasteiger charge is 2.21. The highest BCUT2D eigenvalue weighted by molar-refractivity contribution is 6.55. The van der Waals surface area contributed by atoms with Gasteiger partial charge in [0.25, 0.3) is 0 Å². The second kappa shape index (κ2) is 11.3. The van der Waals surface area contributed by atoms with Gasteiger partial charge in [-0.15, -0.1) is 0 Å². The fourth-order valence-corrected chi connectivity index (χ4v) is 2.59. The van der Waals surface area contributed by atoms with Gasteiger partial charge in [0, 0.05) is 11.5 Å². The Morgan fingerprint density at radius 1 is 0.967 bits per heavy atom. The Kier molecular flexibility index (Phi) is 9.15. The third-order valence-corrected chi connectivity index (χ3v) is 4.49. The highest BCUT2D eigenvalue weighted by atomic mass is 35.5. The molecule has 0 saturated carbocycles. The molecule has 0 aliphatic rings. The van der Waals surface area contributed by atoms with Crippen LogP contribution in [0.15, 0.2) is 58.2 Å². The number of ether oxygens (including phenoxy) is 3. The normalized spacial score (nSPS) is 11.6. The summed E-state index contributed by atoms with van der Waals surface area (Å²) < 4.78 is 17.3. The van der Waals surface area contributed by atoms with Crippen molar-refractivity contribution in [3.8, 4) is 23.0 Å². The first-order valence-corrected chi connectivity index (χ1v) is 10.3. The number of rotatable bonds is 9. The number of hydrogen-bond acceptors (Lipinski definition) is 5. The lowest BCUT2D eigenvalue weighted by Crippen LogP contribution is -2.27. The zero-order valence-corrected chi connectivity index (χ0v) is 19.5. The first-order chi connectivity index (χ1) is 14.2. The summed E-state index contributed by atoms with van der Waals surface area (Å²) >= 11 is 17.5. The Morgan fingerprint density at radius 2 is 1.60 bits per heavy atom. The molecule has 162 valence electrons. The lowest BCUT2D eigenvalue weighted by Gasteiger charge is -2.21. The molecule has 0 aliphatic carbocycles. The Morgan fingerprint density at radius 3 is 2.17 bits per heavy atom. The van der Waals surface area contributed by atoms with Crippen LogP contribution in [-0.4, -0.2) is 26.0 Å². The Labute approximate surface area is 192 Å². The summed E-state index contributed by atoms with van der Waals surface area (Å²) in [6.07, 6.45) is 1.56. The lowest BCUT2D eigenvalue weighted by atomic mass is 9.90. The molecule has 0 spiro atoms. The molecule has 0 aromatic heterocycles. The standard InChI is InChI=1S/C22H24Cl3NO4/c1-22(2,3)20(26-27-4)14-29-19-10-9-17(13-18(19)23)30-16-7-5-15(6-8-16)28-12-11-21(24)25/h5-11,13H,12,14H2,1-4H3. The van der Waals surface area contributed by atoms with E-state index in [2.05, 4.69) is 5.16 Å². The van der Waals surface area contributed by atoms with Crippen molar-refractivity contribution < 1.29 is 19.0 Å². The number of halogens is 3. The summed E-state index contributed by atoms with van der Waals surface area (Å²) in [4.78, 5) is 4.91. The molecule has 5 nitrogen and oxygen atoms in total. The molecule has 0 amide bonds. The molecule has 0 fully saturated rings. The van der Waals surface area contributed by atoms with Crippen molar-refractivity contribution in [1.82, 2.24) is 0 Å². The summed E-state index contributed by atoms with van der Waals surface area (Å²) in [6.45, 7) is 6.65. The fraction of sp³-hybridized carbons (Fsp3) is 0.318. The maximum atomic E-state index is 6.36. The van der Waals surface area contributed by atoms with Gasteiger partial charge in [-0.05, 0) is 42.5 Å². The van der Waals surface area contributed by atoms with Gasteiger partial charge in [-0.25, -0.2) is 0 Å². The van der Waals surface area contributed by atoms with E-state index >= 15 is 0 Å². The zero-order valence-electron chi connectivity index (χ0n) is 17.2. The van der Waals surface area contributed by atoms with Crippen LogP contribution in [0.1, 0.15) is 20.8 Å². The van der Waals surface area contributed by atoms with Gasteiger partial charge in [-0.3, -0.25) is 0 Å². The molecule has 0 unspecified atom stereocenters. The maximum Gasteiger partial charge on any atom is 0.138 e. The predicted octanol–water partition coefficient (Wildman–Crippen LogP) is 7.26. The van der Waals surface area contributed by atoms with Crippen molar-refractivity contribution in [2.75, 3.05) is 20.3 Å². The van der Waals surface area contributed by atoms with Crippen LogP contribution < -0.4 is 14.2 Å². The van der Waals surface area contributed by atoms with Gasteiger partial charge in [-0.1, -0.05) is 60.7 Å². The third-order valence-electron chi connectivity index (χ3n) is 3.88. The van der Waals surface area contributed by atoms with Crippen LogP contribution in [0.25, 0.3) is 0 Å². The smallest absolute Gasteiger partial charge is 0.138 e. The molecule has 0 bridgehead atoms. The van der Waals surface area contributed by atoms with E-state index in [-0.39, 0.29) is 23.1 Å². The van der Waals surface area contributed by atoms with E-state index < -0.39 is 0 Å². The Hall–Kier alpha value is -2.08. The molecule has 2 aromatic carbocycles. The monoisotopic (exact) mass is 471 g/mol. The van der Waals surface area contributed by atoms with Crippen LogP contribution in [0, 0.1) is 5.41 Å². The van der Waals surface area contributed by atoms with Crippen molar-refractivity contribution in [1.29, 1.82) is 0 Å². The summed E-state index contributed by atoms with van der Waals surface area (Å²) in [5, 5.41) is 4.48. The molecule has 0 atom stereocenters. The molecule has 0 saturated heterocycles. The molecule has 2 aromatic rings. The zero-order chi connectivity index (χ0) is 22.1. The van der Waals surface area contributed by atoms with E-state index in [4.69, 9.17) is 53.9 Å². The van der Waals surface area contributed by atoms with E-state index in [1.807, 2.05) is 20.8 Å². The molecule has 0 heterocycles. The predicted molar refractivity (Wildman–Crippen MR) is 123 cm³/mol. The first kappa shape index (κ1) is 24.2. The average molecular weight is 473 g/mol. The number of oxime groups is 1. The number of nitrogens with zero attached hydrogens (tertiary/aromatic N) is 1. The van der Waals surface area contributed by atoms with Gasteiger partial charge >= 0.3 is 0 Å². The lowest BCUT2D eigenvalue weighted by molar-refractivity contribution is 0.204. The van der Waals surface area contributed by atoms with E-state index in [9.17, 15) is 0 Å². The quantitative estimate of drug-likeness (QED) is 0.285. The van der Waals surface area contributed by atoms with Gasteiger partial charge in [0.15, 0.2) is 0 Å². The van der Waals surface area contributed by atoms with E-state index in [0.29, 0.717) is 28.0 Å². The third kappa shape index (κ3) is 7.98. The van der Waals surface area contributed by atoms with E-state index in [0.717, 1.165) is 5.71 Å². The van der Waals surface area contributed by atoms with E-state index in [1.54, 1.807) is 48.5 Å². The SMILES string of the molecule is CON=C(COc1ccc(Oc2ccc(OCC=C(Cl)Cl)cc2)cc1Cl)C(C)(C)C. The molecule has 0 N–H and O–H groups in total. The van der Waals surface area contributed by atoms with Crippen molar-refractivity contribution in [3.63, 3.8) is 0 Å². The van der Waals surface area contributed by atoms with E-state index in [1.165, 1.54) is 7.11 Å². The minimum absolute atomic E-state index is 0.167. The minimum atomic E-state index is -0.187. The molecule has 2 rings (SSSR count). The summed E-state index contributed by atoms with van der Waals surface area (Å²) in [7, 11) is 1.51. The molecule has 0 radical (unpaired) electrons. The molecule has 0 aliphatic heterocycles. The second-order valence-corrected chi connectivity index (χ2v) is 8.64. The topological polar surface area (TPSA) is 49.3 Å². The largest absolute Gasteiger partial charge is 0.489 e. The maximum absolute atomic E-state index is 6.36. The summed E-state index contributed by atoms with van der Waals surface area (Å²) in [5.41, 5.74) is 0.584. The van der Waals surface area contributed by atoms with Gasteiger partial charge in [0.2, 0.25) is 0 Å². The Balaban J connectivity index is 1.98. The van der Waals surface area contributed by atoms with Crippen LogP contribution in [0.5, 0.6) is 23.0 Å². The number of hydrogen-bond donors (Lipinski definition) is 0. The van der Waals surface area contributed by atoms with Crippen molar-refractivity contribution >= 4 is 40.5 Å². The van der Waals surface area contributed by atoms with Gasteiger partial charge < -0.3 is 19.0 Å². The van der Waals surface area contributed by atoms with Gasteiger partial charge in [0.1, 0.15) is 47.8 Å². The van der Waals surface area contributed by atoms with Gasteiger partial charge in [-0.2, -0.15) is 0 Å². The van der Waals surface area contributed by atoms with Crippen LogP contribution in [0.4, 0.5) is 0 Å². The van der Waals surface area contributed by atoms with Crippen LogP contribution in [0.2, 0.25) is 5.02 Å². The van der Waals surface area contributed by atoms with Gasteiger partial charge in [0.05, 0.1) is 10.7 Å². The molecule has 8 heteroatoms. The van der Waals surface area contributed by atoms with Crippen molar-refractivity contribution in [2.45, 2.75) is 20.8 Å². The molecular weight excluding hydrogens is 449 g/mol. The van der Waals surface area contributed by atoms with Crippen LogP contribution in [0.3, 0.4) is 0 Å². The average Bonchev–Trinajstić information content (AvgIpc) is 2.66. The van der Waals surface area contributed by atoms with Crippen LogP contribution >= 0.6 is 34.8 Å². The van der Waals surface area contributed by atoms with Crippen molar-refractivity contribution in [2.24, 2.45) is 10.6 Å². The fourth-order valence-electron chi connectivity index (χ4n) is 2.24. The summed E-state index contributed by atoms with van der Waals surface area (Å²) in [6, 6.07) is 12.4. The molecular formula is C22H24Cl3NO4. The highest BCUT2D eigenvalue weighted by Crippen LogP contribution is 2.32. The first-order valence-electron chi connectivity index (χ1n) is 9.14. The summed E-state index contributed by atoms with van der Waals surface area (Å²) in [5.74, 6) is 2.42. The minimum Gasteiger partial charge on any atom is -0.489 e.